The maximum Gasteiger partial charge on any atom is 0.336 e. The van der Waals surface area contributed by atoms with Crippen molar-refractivity contribution in [3.63, 3.8) is 0 Å². The summed E-state index contributed by atoms with van der Waals surface area (Å²) in [5, 5.41) is 0. The Morgan fingerprint density at radius 1 is 1.00 bits per heavy atom. The van der Waals surface area contributed by atoms with Crippen molar-refractivity contribution in [2.75, 3.05) is 11.5 Å². The van der Waals surface area contributed by atoms with E-state index in [2.05, 4.69) is 15.9 Å². The minimum absolute atomic E-state index is 0.0248. The largest absolute Gasteiger partial charge is 0.456 e. The van der Waals surface area contributed by atoms with E-state index >= 15 is 0 Å². The minimum atomic E-state index is -0.325. The van der Waals surface area contributed by atoms with Crippen LogP contribution in [-0.2, 0) is 14.3 Å². The first-order chi connectivity index (χ1) is 11.6. The first-order valence-corrected chi connectivity index (χ1v) is 8.48. The highest BCUT2D eigenvalue weighted by atomic mass is 79.9. The number of hydrogen-bond donors (Lipinski definition) is 0. The van der Waals surface area contributed by atoms with Crippen molar-refractivity contribution in [3.8, 4) is 0 Å². The van der Waals surface area contributed by atoms with Gasteiger partial charge in [0.25, 0.3) is 0 Å². The van der Waals surface area contributed by atoms with Crippen LogP contribution >= 0.6 is 15.9 Å². The molecule has 2 aromatic rings. The molecule has 0 aromatic heterocycles. The molecule has 1 atom stereocenters. The van der Waals surface area contributed by atoms with Crippen LogP contribution in [0.4, 0.5) is 5.69 Å². The molecule has 0 saturated heterocycles. The van der Waals surface area contributed by atoms with E-state index in [0.717, 1.165) is 15.7 Å². The zero-order valence-electron chi connectivity index (χ0n) is 12.7. The second-order valence-electron chi connectivity index (χ2n) is 5.81. The molecule has 2 aliphatic heterocycles. The SMILES string of the molecule is O=C1OCC2=C1[C@@H](c1ccccc1)CC(=O)N2c1ccc(Br)cc1. The molecule has 24 heavy (non-hydrogen) atoms. The van der Waals surface area contributed by atoms with E-state index in [1.54, 1.807) is 4.90 Å². The van der Waals surface area contributed by atoms with Gasteiger partial charge in [0.05, 0.1) is 11.3 Å². The van der Waals surface area contributed by atoms with E-state index in [1.165, 1.54) is 0 Å². The highest BCUT2D eigenvalue weighted by Crippen LogP contribution is 2.41. The molecule has 1 amide bonds. The first-order valence-electron chi connectivity index (χ1n) is 7.69. The Bertz CT molecular complexity index is 843. The van der Waals surface area contributed by atoms with E-state index in [-0.39, 0.29) is 30.8 Å². The number of anilines is 1. The summed E-state index contributed by atoms with van der Waals surface area (Å²) in [5.74, 6) is -0.591. The van der Waals surface area contributed by atoms with E-state index < -0.39 is 0 Å². The van der Waals surface area contributed by atoms with Gasteiger partial charge in [-0.25, -0.2) is 4.79 Å². The fourth-order valence-corrected chi connectivity index (χ4v) is 3.58. The van der Waals surface area contributed by atoms with Gasteiger partial charge in [-0.1, -0.05) is 46.3 Å². The molecule has 2 aromatic carbocycles. The van der Waals surface area contributed by atoms with Crippen molar-refractivity contribution in [1.29, 1.82) is 0 Å². The van der Waals surface area contributed by atoms with Crippen LogP contribution in [0, 0.1) is 0 Å². The molecular weight excluding hydrogens is 370 g/mol. The summed E-state index contributed by atoms with van der Waals surface area (Å²) < 4.78 is 6.20. The standard InChI is InChI=1S/C19H14BrNO3/c20-13-6-8-14(9-7-13)21-16-11-24-19(23)18(16)15(10-17(21)22)12-4-2-1-3-5-12/h1-9,15H,10-11H2/t15-/m1/s1. The number of esters is 1. The first kappa shape index (κ1) is 15.1. The molecule has 0 saturated carbocycles. The van der Waals surface area contributed by atoms with Crippen LogP contribution in [0.3, 0.4) is 0 Å². The van der Waals surface area contributed by atoms with Gasteiger partial charge < -0.3 is 4.74 Å². The van der Waals surface area contributed by atoms with Crippen molar-refractivity contribution in [3.05, 3.63) is 75.9 Å². The molecule has 4 nitrogen and oxygen atoms in total. The summed E-state index contributed by atoms with van der Waals surface area (Å²) in [4.78, 5) is 26.7. The fourth-order valence-electron chi connectivity index (χ4n) is 3.31. The van der Waals surface area contributed by atoms with Crippen LogP contribution in [0.15, 0.2) is 70.3 Å². The van der Waals surface area contributed by atoms with Crippen LogP contribution in [0.2, 0.25) is 0 Å². The van der Waals surface area contributed by atoms with Crippen molar-refractivity contribution < 1.29 is 14.3 Å². The number of carbonyl (C=O) groups excluding carboxylic acids is 2. The number of ether oxygens (including phenoxy) is 1. The molecule has 0 bridgehead atoms. The Morgan fingerprint density at radius 2 is 1.71 bits per heavy atom. The van der Waals surface area contributed by atoms with Gasteiger partial charge in [0.2, 0.25) is 5.91 Å². The second kappa shape index (κ2) is 5.91. The van der Waals surface area contributed by atoms with E-state index in [1.807, 2.05) is 54.6 Å². The Morgan fingerprint density at radius 3 is 2.42 bits per heavy atom. The zero-order valence-corrected chi connectivity index (χ0v) is 14.3. The Labute approximate surface area is 147 Å². The number of amides is 1. The number of nitrogens with zero attached hydrogens (tertiary/aromatic N) is 1. The average Bonchev–Trinajstić information content (AvgIpc) is 2.98. The highest BCUT2D eigenvalue weighted by Gasteiger charge is 2.42. The Hall–Kier alpha value is -2.40. The summed E-state index contributed by atoms with van der Waals surface area (Å²) in [5.41, 5.74) is 2.98. The predicted molar refractivity (Wildman–Crippen MR) is 93.4 cm³/mol. The minimum Gasteiger partial charge on any atom is -0.456 e. The van der Waals surface area contributed by atoms with Gasteiger partial charge in [-0.15, -0.1) is 0 Å². The number of carbonyl (C=O) groups is 2. The molecule has 4 rings (SSSR count). The van der Waals surface area contributed by atoms with Crippen LogP contribution in [0.5, 0.6) is 0 Å². The van der Waals surface area contributed by atoms with Gasteiger partial charge in [-0.05, 0) is 29.8 Å². The lowest BCUT2D eigenvalue weighted by Gasteiger charge is -2.31. The molecule has 2 aliphatic rings. The van der Waals surface area contributed by atoms with Crippen LogP contribution < -0.4 is 4.90 Å². The average molecular weight is 384 g/mol. The summed E-state index contributed by atoms with van der Waals surface area (Å²) in [6.07, 6.45) is 0.258. The second-order valence-corrected chi connectivity index (χ2v) is 6.73. The van der Waals surface area contributed by atoms with Crippen molar-refractivity contribution >= 4 is 33.5 Å². The van der Waals surface area contributed by atoms with Crippen LogP contribution in [0.25, 0.3) is 0 Å². The summed E-state index contributed by atoms with van der Waals surface area (Å²) in [6.45, 7) is 0.138. The normalized spacial score (nSPS) is 20.2. The maximum absolute atomic E-state index is 12.8. The predicted octanol–water partition coefficient (Wildman–Crippen LogP) is 3.78. The van der Waals surface area contributed by atoms with Crippen molar-refractivity contribution in [1.82, 2.24) is 0 Å². The topological polar surface area (TPSA) is 46.6 Å². The number of cyclic esters (lactones) is 1. The molecule has 120 valence electrons. The molecule has 0 spiro atoms. The molecule has 0 N–H and O–H groups in total. The Balaban J connectivity index is 1.83. The lowest BCUT2D eigenvalue weighted by Crippen LogP contribution is -2.37. The lowest BCUT2D eigenvalue weighted by molar-refractivity contribution is -0.136. The summed E-state index contributed by atoms with van der Waals surface area (Å²) in [6, 6.07) is 17.1. The van der Waals surface area contributed by atoms with E-state index in [0.29, 0.717) is 11.3 Å². The van der Waals surface area contributed by atoms with Gasteiger partial charge in [-0.2, -0.15) is 0 Å². The lowest BCUT2D eigenvalue weighted by atomic mass is 9.84. The van der Waals surface area contributed by atoms with Crippen LogP contribution in [0.1, 0.15) is 17.9 Å². The van der Waals surface area contributed by atoms with Gasteiger partial charge in [0.15, 0.2) is 0 Å². The smallest absolute Gasteiger partial charge is 0.336 e. The van der Waals surface area contributed by atoms with Gasteiger partial charge in [0.1, 0.15) is 6.61 Å². The molecule has 0 unspecified atom stereocenters. The third-order valence-corrected chi connectivity index (χ3v) is 4.93. The number of rotatable bonds is 2. The third kappa shape index (κ3) is 2.45. The van der Waals surface area contributed by atoms with Gasteiger partial charge in [0, 0.05) is 22.5 Å². The monoisotopic (exact) mass is 383 g/mol. The maximum atomic E-state index is 12.8. The quantitative estimate of drug-likeness (QED) is 0.741. The van der Waals surface area contributed by atoms with Crippen LogP contribution in [-0.4, -0.2) is 18.5 Å². The fraction of sp³-hybridized carbons (Fsp3) is 0.158. The Kier molecular flexibility index (Phi) is 3.73. The number of hydrogen-bond acceptors (Lipinski definition) is 3. The number of benzene rings is 2. The van der Waals surface area contributed by atoms with Gasteiger partial charge >= 0.3 is 5.97 Å². The van der Waals surface area contributed by atoms with Crippen molar-refractivity contribution in [2.45, 2.75) is 12.3 Å². The summed E-state index contributed by atoms with van der Waals surface area (Å²) >= 11 is 3.40. The van der Waals surface area contributed by atoms with E-state index in [4.69, 9.17) is 4.74 Å². The summed E-state index contributed by atoms with van der Waals surface area (Å²) in [7, 11) is 0. The molecule has 0 aliphatic carbocycles. The highest BCUT2D eigenvalue weighted by molar-refractivity contribution is 9.10. The van der Waals surface area contributed by atoms with Crippen molar-refractivity contribution in [2.24, 2.45) is 0 Å². The number of halogens is 1. The molecular formula is C19H14BrNO3. The molecule has 5 heteroatoms. The molecule has 2 heterocycles. The zero-order chi connectivity index (χ0) is 16.7. The molecule has 0 fully saturated rings. The van der Waals surface area contributed by atoms with E-state index in [9.17, 15) is 9.59 Å². The molecule has 0 radical (unpaired) electrons. The van der Waals surface area contributed by atoms with Gasteiger partial charge in [-0.3, -0.25) is 9.69 Å². The third-order valence-electron chi connectivity index (χ3n) is 4.40.